The van der Waals surface area contributed by atoms with Gasteiger partial charge in [0.15, 0.2) is 18.1 Å². The van der Waals surface area contributed by atoms with E-state index in [9.17, 15) is 18.0 Å². The third-order valence-corrected chi connectivity index (χ3v) is 7.30. The summed E-state index contributed by atoms with van der Waals surface area (Å²) in [5.41, 5.74) is 1.74. The molecule has 1 fully saturated rings. The molecule has 0 bridgehead atoms. The van der Waals surface area contributed by atoms with Crippen molar-refractivity contribution in [3.63, 3.8) is 0 Å². The smallest absolute Gasteiger partial charge is 0.324 e. The molecule has 0 spiro atoms. The maximum atomic E-state index is 13.0. The number of amides is 1. The first-order valence-corrected chi connectivity index (χ1v) is 11.7. The average Bonchev–Trinajstić information content (AvgIpc) is 3.46. The topological polar surface area (TPSA) is 111 Å². The third kappa shape index (κ3) is 4.71. The van der Waals surface area contributed by atoms with Crippen LogP contribution in [0.25, 0.3) is 0 Å². The summed E-state index contributed by atoms with van der Waals surface area (Å²) < 4.78 is 42.7. The van der Waals surface area contributed by atoms with Crippen LogP contribution < -0.4 is 14.8 Å². The number of nitrogens with zero attached hydrogens (tertiary/aromatic N) is 1. The van der Waals surface area contributed by atoms with Gasteiger partial charge in [-0.2, -0.15) is 4.31 Å². The van der Waals surface area contributed by atoms with Crippen LogP contribution in [0.3, 0.4) is 0 Å². The van der Waals surface area contributed by atoms with Gasteiger partial charge in [0.2, 0.25) is 16.8 Å². The van der Waals surface area contributed by atoms with E-state index in [1.165, 1.54) is 12.1 Å². The quantitative estimate of drug-likeness (QED) is 0.627. The average molecular weight is 461 g/mol. The molecule has 0 unspecified atom stereocenters. The number of benzene rings is 2. The van der Waals surface area contributed by atoms with Crippen LogP contribution in [0.5, 0.6) is 11.5 Å². The SMILES string of the molecule is Cc1ccc(S(=O)(=O)N2CCC[C@H]2C(=O)OCC(=O)NCc2ccc3c(c2)OCO3)cc1. The van der Waals surface area contributed by atoms with E-state index in [-0.39, 0.29) is 24.8 Å². The van der Waals surface area contributed by atoms with Gasteiger partial charge >= 0.3 is 5.97 Å². The van der Waals surface area contributed by atoms with Crippen LogP contribution in [0.1, 0.15) is 24.0 Å². The van der Waals surface area contributed by atoms with Crippen molar-refractivity contribution in [2.45, 2.75) is 37.2 Å². The normalized spacial score (nSPS) is 17.8. The van der Waals surface area contributed by atoms with Gasteiger partial charge in [0, 0.05) is 13.1 Å². The van der Waals surface area contributed by atoms with Gasteiger partial charge in [-0.1, -0.05) is 23.8 Å². The number of hydrogen-bond acceptors (Lipinski definition) is 7. The van der Waals surface area contributed by atoms with Crippen LogP contribution in [0.15, 0.2) is 47.4 Å². The number of aryl methyl sites for hydroxylation is 1. The number of nitrogens with one attached hydrogen (secondary N) is 1. The molecular formula is C22H24N2O7S. The fourth-order valence-corrected chi connectivity index (χ4v) is 5.29. The minimum absolute atomic E-state index is 0.129. The lowest BCUT2D eigenvalue weighted by atomic mass is 10.2. The fraction of sp³-hybridized carbons (Fsp3) is 0.364. The Labute approximate surface area is 186 Å². The number of hydrogen-bond donors (Lipinski definition) is 1. The summed E-state index contributed by atoms with van der Waals surface area (Å²) in [5, 5.41) is 2.66. The molecule has 1 N–H and O–H groups in total. The molecule has 0 radical (unpaired) electrons. The molecule has 1 saturated heterocycles. The van der Waals surface area contributed by atoms with Crippen molar-refractivity contribution in [1.29, 1.82) is 0 Å². The van der Waals surface area contributed by atoms with E-state index in [1.54, 1.807) is 30.3 Å². The van der Waals surface area contributed by atoms with E-state index in [2.05, 4.69) is 5.32 Å². The lowest BCUT2D eigenvalue weighted by molar-refractivity contribution is -0.151. The van der Waals surface area contributed by atoms with Gasteiger partial charge in [-0.3, -0.25) is 9.59 Å². The molecular weight excluding hydrogens is 436 g/mol. The van der Waals surface area contributed by atoms with Gasteiger partial charge < -0.3 is 19.5 Å². The van der Waals surface area contributed by atoms with E-state index in [0.717, 1.165) is 15.4 Å². The summed E-state index contributed by atoms with van der Waals surface area (Å²) in [7, 11) is -3.83. The molecule has 9 nitrogen and oxygen atoms in total. The number of fused-ring (bicyclic) bond motifs is 1. The summed E-state index contributed by atoms with van der Waals surface area (Å²) in [5.74, 6) is 0.0494. The van der Waals surface area contributed by atoms with Gasteiger partial charge in [-0.15, -0.1) is 0 Å². The molecule has 4 rings (SSSR count). The zero-order chi connectivity index (χ0) is 22.7. The lowest BCUT2D eigenvalue weighted by Gasteiger charge is -2.22. The highest BCUT2D eigenvalue weighted by Gasteiger charge is 2.40. The largest absolute Gasteiger partial charge is 0.454 e. The van der Waals surface area contributed by atoms with Crippen molar-refractivity contribution in [1.82, 2.24) is 9.62 Å². The Balaban J connectivity index is 1.31. The monoisotopic (exact) mass is 460 g/mol. The van der Waals surface area contributed by atoms with E-state index in [1.807, 2.05) is 6.92 Å². The Hall–Kier alpha value is -3.11. The highest BCUT2D eigenvalue weighted by Crippen LogP contribution is 2.32. The predicted molar refractivity (Wildman–Crippen MR) is 113 cm³/mol. The molecule has 2 aromatic rings. The van der Waals surface area contributed by atoms with Gasteiger partial charge in [0.25, 0.3) is 5.91 Å². The molecule has 2 heterocycles. The summed E-state index contributed by atoms with van der Waals surface area (Å²) in [6.45, 7) is 2.00. The summed E-state index contributed by atoms with van der Waals surface area (Å²) in [4.78, 5) is 24.8. The van der Waals surface area contributed by atoms with E-state index in [4.69, 9.17) is 14.2 Å². The number of carbonyl (C=O) groups excluding carboxylic acids is 2. The fourth-order valence-electron chi connectivity index (χ4n) is 3.64. The van der Waals surface area contributed by atoms with Crippen molar-refractivity contribution < 1.29 is 32.2 Å². The highest BCUT2D eigenvalue weighted by molar-refractivity contribution is 7.89. The van der Waals surface area contributed by atoms with Crippen molar-refractivity contribution in [2.75, 3.05) is 19.9 Å². The van der Waals surface area contributed by atoms with Crippen LogP contribution >= 0.6 is 0 Å². The Morgan fingerprint density at radius 2 is 1.88 bits per heavy atom. The van der Waals surface area contributed by atoms with Gasteiger partial charge in [0.1, 0.15) is 6.04 Å². The Morgan fingerprint density at radius 1 is 1.12 bits per heavy atom. The van der Waals surface area contributed by atoms with Crippen LogP contribution in [0.2, 0.25) is 0 Å². The van der Waals surface area contributed by atoms with Crippen molar-refractivity contribution in [3.8, 4) is 11.5 Å². The summed E-state index contributed by atoms with van der Waals surface area (Å²) in [6, 6.07) is 10.8. The van der Waals surface area contributed by atoms with E-state index >= 15 is 0 Å². The highest BCUT2D eigenvalue weighted by atomic mass is 32.2. The first-order valence-electron chi connectivity index (χ1n) is 10.2. The first kappa shape index (κ1) is 22.1. The Kier molecular flexibility index (Phi) is 6.33. The minimum Gasteiger partial charge on any atom is -0.454 e. The molecule has 2 aromatic carbocycles. The molecule has 10 heteroatoms. The third-order valence-electron chi connectivity index (χ3n) is 5.38. The van der Waals surface area contributed by atoms with Crippen LogP contribution in [0, 0.1) is 6.92 Å². The van der Waals surface area contributed by atoms with E-state index in [0.29, 0.717) is 24.3 Å². The summed E-state index contributed by atoms with van der Waals surface area (Å²) >= 11 is 0. The lowest BCUT2D eigenvalue weighted by Crippen LogP contribution is -2.42. The second-order valence-corrected chi connectivity index (χ2v) is 9.55. The Morgan fingerprint density at radius 3 is 2.66 bits per heavy atom. The van der Waals surface area contributed by atoms with Gasteiger partial charge in [0.05, 0.1) is 4.90 Å². The molecule has 32 heavy (non-hydrogen) atoms. The number of esters is 1. The molecule has 0 aliphatic carbocycles. The van der Waals surface area contributed by atoms with Gasteiger partial charge in [-0.05, 0) is 49.6 Å². The number of rotatable bonds is 7. The van der Waals surface area contributed by atoms with Gasteiger partial charge in [-0.25, -0.2) is 8.42 Å². The van der Waals surface area contributed by atoms with Crippen molar-refractivity contribution >= 4 is 21.9 Å². The molecule has 170 valence electrons. The second-order valence-electron chi connectivity index (χ2n) is 7.66. The zero-order valence-corrected chi connectivity index (χ0v) is 18.4. The minimum atomic E-state index is -3.83. The first-order chi connectivity index (χ1) is 15.3. The zero-order valence-electron chi connectivity index (χ0n) is 17.6. The molecule has 1 atom stereocenters. The molecule has 1 amide bonds. The number of ether oxygens (including phenoxy) is 3. The predicted octanol–water partition coefficient (Wildman–Crippen LogP) is 1.74. The molecule has 0 saturated carbocycles. The standard InChI is InChI=1S/C22H24N2O7S/c1-15-4-7-17(8-5-15)32(27,28)24-10-2-3-18(24)22(26)29-13-21(25)23-12-16-6-9-19-20(11-16)31-14-30-19/h4-9,11,18H,2-3,10,12-14H2,1H3,(H,23,25)/t18-/m0/s1. The maximum absolute atomic E-state index is 13.0. The number of sulfonamides is 1. The van der Waals surface area contributed by atoms with Crippen LogP contribution in [0.4, 0.5) is 0 Å². The maximum Gasteiger partial charge on any atom is 0.324 e. The van der Waals surface area contributed by atoms with E-state index < -0.39 is 34.5 Å². The summed E-state index contributed by atoms with van der Waals surface area (Å²) in [6.07, 6.45) is 0.893. The van der Waals surface area contributed by atoms with Crippen molar-refractivity contribution in [3.05, 3.63) is 53.6 Å². The molecule has 2 aliphatic heterocycles. The van der Waals surface area contributed by atoms with Crippen molar-refractivity contribution in [2.24, 2.45) is 0 Å². The molecule has 0 aromatic heterocycles. The molecule has 2 aliphatic rings. The van der Waals surface area contributed by atoms with Crippen LogP contribution in [-0.2, 0) is 30.9 Å². The second kappa shape index (κ2) is 9.17. The number of carbonyl (C=O) groups is 2. The van der Waals surface area contributed by atoms with Crippen LogP contribution in [-0.4, -0.2) is 50.6 Å². The Bertz CT molecular complexity index is 1120.